The lowest BCUT2D eigenvalue weighted by Crippen LogP contribution is -2.44. The first-order chi connectivity index (χ1) is 9.17. The van der Waals surface area contributed by atoms with Crippen molar-refractivity contribution < 1.29 is 4.42 Å². The van der Waals surface area contributed by atoms with Gasteiger partial charge in [-0.1, -0.05) is 6.92 Å². The molecule has 0 aromatic carbocycles. The molecular weight excluding hydrogens is 234 g/mol. The number of rotatable bonds is 2. The molecule has 1 aromatic heterocycles. The molecule has 19 heavy (non-hydrogen) atoms. The van der Waals surface area contributed by atoms with Gasteiger partial charge in [0.05, 0.1) is 0 Å². The number of aryl methyl sites for hydroxylation is 1. The molecule has 2 nitrogen and oxygen atoms in total. The van der Waals surface area contributed by atoms with Gasteiger partial charge in [-0.3, -0.25) is 0 Å². The second-order valence-electron chi connectivity index (χ2n) is 7.24. The van der Waals surface area contributed by atoms with Crippen LogP contribution in [0.4, 0.5) is 5.88 Å². The second-order valence-corrected chi connectivity index (χ2v) is 7.24. The maximum Gasteiger partial charge on any atom is 0.194 e. The highest BCUT2D eigenvalue weighted by Crippen LogP contribution is 2.61. The highest BCUT2D eigenvalue weighted by Gasteiger charge is 2.50. The minimum atomic E-state index is 0.705. The fourth-order valence-electron chi connectivity index (χ4n) is 5.75. The zero-order valence-electron chi connectivity index (χ0n) is 12.1. The Morgan fingerprint density at radius 2 is 1.63 bits per heavy atom. The van der Waals surface area contributed by atoms with Crippen molar-refractivity contribution in [3.05, 3.63) is 16.9 Å². The Kier molecular flexibility index (Phi) is 2.52. The van der Waals surface area contributed by atoms with Crippen LogP contribution in [0.25, 0.3) is 0 Å². The van der Waals surface area contributed by atoms with Gasteiger partial charge < -0.3 is 10.2 Å². The van der Waals surface area contributed by atoms with Crippen molar-refractivity contribution in [2.24, 2.45) is 23.7 Å². The van der Waals surface area contributed by atoms with Gasteiger partial charge in [-0.15, -0.1) is 0 Å². The lowest BCUT2D eigenvalue weighted by atomic mass is 9.50. The summed E-state index contributed by atoms with van der Waals surface area (Å²) in [6.07, 6.45) is 8.27. The predicted molar refractivity (Wildman–Crippen MR) is 77.0 cm³/mol. The SMILES string of the molecule is CCc1oc(N)c(C2C3CC4CC(C3)CC2C4)c1C. The molecule has 0 saturated heterocycles. The summed E-state index contributed by atoms with van der Waals surface area (Å²) in [6, 6.07) is 0. The van der Waals surface area contributed by atoms with Crippen molar-refractivity contribution in [3.8, 4) is 0 Å². The van der Waals surface area contributed by atoms with Gasteiger partial charge in [0.25, 0.3) is 0 Å². The maximum absolute atomic E-state index is 6.23. The van der Waals surface area contributed by atoms with E-state index in [-0.39, 0.29) is 0 Å². The van der Waals surface area contributed by atoms with Crippen molar-refractivity contribution in [1.29, 1.82) is 0 Å². The van der Waals surface area contributed by atoms with Crippen LogP contribution in [-0.4, -0.2) is 0 Å². The molecule has 0 spiro atoms. The molecule has 0 radical (unpaired) electrons. The Labute approximate surface area is 115 Å². The Bertz CT molecular complexity index is 474. The van der Waals surface area contributed by atoms with Crippen molar-refractivity contribution in [3.63, 3.8) is 0 Å². The molecule has 0 atom stereocenters. The number of nitrogen functional groups attached to an aromatic ring is 1. The van der Waals surface area contributed by atoms with Crippen LogP contribution < -0.4 is 5.73 Å². The van der Waals surface area contributed by atoms with E-state index in [4.69, 9.17) is 10.2 Å². The van der Waals surface area contributed by atoms with Gasteiger partial charge in [-0.05, 0) is 74.2 Å². The summed E-state index contributed by atoms with van der Waals surface area (Å²) in [5.74, 6) is 6.37. The van der Waals surface area contributed by atoms with Crippen LogP contribution in [0.2, 0.25) is 0 Å². The minimum absolute atomic E-state index is 0.705. The molecule has 0 amide bonds. The molecule has 0 aliphatic heterocycles. The lowest BCUT2D eigenvalue weighted by Gasteiger charge is -2.54. The maximum atomic E-state index is 6.23. The highest BCUT2D eigenvalue weighted by atomic mass is 16.4. The quantitative estimate of drug-likeness (QED) is 0.861. The highest BCUT2D eigenvalue weighted by molar-refractivity contribution is 5.49. The van der Waals surface area contributed by atoms with E-state index in [0.29, 0.717) is 5.92 Å². The van der Waals surface area contributed by atoms with Gasteiger partial charge in [-0.25, -0.2) is 0 Å². The first-order valence-corrected chi connectivity index (χ1v) is 8.05. The Hall–Kier alpha value is -0.920. The Morgan fingerprint density at radius 3 is 2.11 bits per heavy atom. The molecule has 4 bridgehead atoms. The summed E-state index contributed by atoms with van der Waals surface area (Å²) < 4.78 is 5.83. The summed E-state index contributed by atoms with van der Waals surface area (Å²) in [7, 11) is 0. The van der Waals surface area contributed by atoms with E-state index in [0.717, 1.165) is 41.7 Å². The number of hydrogen-bond donors (Lipinski definition) is 1. The van der Waals surface area contributed by atoms with Crippen molar-refractivity contribution in [2.45, 2.75) is 58.3 Å². The Morgan fingerprint density at radius 1 is 1.05 bits per heavy atom. The third-order valence-electron chi connectivity index (χ3n) is 6.20. The molecule has 4 aliphatic rings. The van der Waals surface area contributed by atoms with E-state index in [1.165, 1.54) is 43.2 Å². The number of anilines is 1. The molecule has 4 fully saturated rings. The van der Waals surface area contributed by atoms with Gasteiger partial charge >= 0.3 is 0 Å². The van der Waals surface area contributed by atoms with Crippen molar-refractivity contribution >= 4 is 5.88 Å². The topological polar surface area (TPSA) is 39.2 Å². The molecule has 104 valence electrons. The van der Waals surface area contributed by atoms with Gasteiger partial charge in [0.1, 0.15) is 5.76 Å². The number of furan rings is 1. The second kappa shape index (κ2) is 4.04. The number of hydrogen-bond acceptors (Lipinski definition) is 2. The molecule has 1 heterocycles. The monoisotopic (exact) mass is 259 g/mol. The summed E-state index contributed by atoms with van der Waals surface area (Å²) in [5.41, 5.74) is 8.98. The van der Waals surface area contributed by atoms with E-state index >= 15 is 0 Å². The standard InChI is InChI=1S/C17H25NO/c1-3-14-9(2)15(17(18)19-14)16-12-5-10-4-11(7-12)8-13(16)6-10/h10-13,16H,3-8,18H2,1-2H3. The first kappa shape index (κ1) is 11.9. The summed E-state index contributed by atoms with van der Waals surface area (Å²) >= 11 is 0. The van der Waals surface area contributed by atoms with Gasteiger partial charge in [0.15, 0.2) is 5.88 Å². The first-order valence-electron chi connectivity index (χ1n) is 8.05. The van der Waals surface area contributed by atoms with Crippen LogP contribution in [0.5, 0.6) is 0 Å². The molecule has 4 aliphatic carbocycles. The van der Waals surface area contributed by atoms with Gasteiger partial charge in [0, 0.05) is 12.0 Å². The molecular formula is C17H25NO. The predicted octanol–water partition coefficient (Wildman–Crippen LogP) is 4.27. The molecule has 4 saturated carbocycles. The average molecular weight is 259 g/mol. The van der Waals surface area contributed by atoms with Crippen LogP contribution in [0.15, 0.2) is 4.42 Å². The van der Waals surface area contributed by atoms with Gasteiger partial charge in [0.2, 0.25) is 0 Å². The molecule has 1 aromatic rings. The van der Waals surface area contributed by atoms with Crippen LogP contribution in [0.1, 0.15) is 61.8 Å². The Balaban J connectivity index is 1.75. The van der Waals surface area contributed by atoms with Crippen LogP contribution in [-0.2, 0) is 6.42 Å². The fraction of sp³-hybridized carbons (Fsp3) is 0.765. The molecule has 0 unspecified atom stereocenters. The third-order valence-corrected chi connectivity index (χ3v) is 6.20. The van der Waals surface area contributed by atoms with Crippen molar-refractivity contribution in [1.82, 2.24) is 0 Å². The van der Waals surface area contributed by atoms with E-state index in [1.807, 2.05) is 0 Å². The minimum Gasteiger partial charge on any atom is -0.445 e. The summed E-state index contributed by atoms with van der Waals surface area (Å²) in [4.78, 5) is 0. The van der Waals surface area contributed by atoms with E-state index < -0.39 is 0 Å². The van der Waals surface area contributed by atoms with E-state index in [1.54, 1.807) is 0 Å². The average Bonchev–Trinajstić information content (AvgIpc) is 2.65. The van der Waals surface area contributed by atoms with Crippen LogP contribution in [0, 0.1) is 30.6 Å². The van der Waals surface area contributed by atoms with E-state index in [9.17, 15) is 0 Å². The normalized spacial score (nSPS) is 40.0. The smallest absolute Gasteiger partial charge is 0.194 e. The fourth-order valence-corrected chi connectivity index (χ4v) is 5.75. The lowest BCUT2D eigenvalue weighted by molar-refractivity contribution is -0.00283. The van der Waals surface area contributed by atoms with Crippen molar-refractivity contribution in [2.75, 3.05) is 5.73 Å². The van der Waals surface area contributed by atoms with Crippen LogP contribution in [0.3, 0.4) is 0 Å². The third kappa shape index (κ3) is 1.61. The summed E-state index contributed by atoms with van der Waals surface area (Å²) in [6.45, 7) is 4.38. The molecule has 5 rings (SSSR count). The molecule has 2 heteroatoms. The zero-order valence-corrected chi connectivity index (χ0v) is 12.1. The van der Waals surface area contributed by atoms with Crippen LogP contribution >= 0.6 is 0 Å². The van der Waals surface area contributed by atoms with Gasteiger partial charge in [-0.2, -0.15) is 0 Å². The number of nitrogens with two attached hydrogens (primary N) is 1. The molecule has 2 N–H and O–H groups in total. The van der Waals surface area contributed by atoms with E-state index in [2.05, 4.69) is 13.8 Å². The largest absolute Gasteiger partial charge is 0.445 e. The zero-order chi connectivity index (χ0) is 13.1. The summed E-state index contributed by atoms with van der Waals surface area (Å²) in [5, 5.41) is 0.